The van der Waals surface area contributed by atoms with Gasteiger partial charge in [0.25, 0.3) is 5.69 Å². The largest absolute Gasteiger partial charge is 0.452 e. The number of anilines is 1. The molecule has 5 nitrogen and oxygen atoms in total. The van der Waals surface area contributed by atoms with E-state index in [0.717, 1.165) is 0 Å². The standard InChI is InChI=1S/C12H10BrClN2O3/c1-7(11-4-5-12(13)19-11)15-9-3-2-8(14)6-10(9)16(17)18/h2-7,15H,1H3. The third kappa shape index (κ3) is 3.27. The molecular weight excluding hydrogens is 336 g/mol. The molecule has 19 heavy (non-hydrogen) atoms. The Hall–Kier alpha value is -1.53. The van der Waals surface area contributed by atoms with Crippen molar-refractivity contribution in [2.75, 3.05) is 5.32 Å². The van der Waals surface area contributed by atoms with Gasteiger partial charge in [-0.3, -0.25) is 10.1 Å². The number of nitro benzene ring substituents is 1. The smallest absolute Gasteiger partial charge is 0.293 e. The van der Waals surface area contributed by atoms with Crippen LogP contribution in [0, 0.1) is 10.1 Å². The second-order valence-electron chi connectivity index (χ2n) is 3.93. The van der Waals surface area contributed by atoms with Gasteiger partial charge in [0.15, 0.2) is 4.67 Å². The molecule has 1 heterocycles. The Morgan fingerprint density at radius 3 is 2.74 bits per heavy atom. The lowest BCUT2D eigenvalue weighted by Gasteiger charge is -2.13. The highest BCUT2D eigenvalue weighted by Gasteiger charge is 2.18. The lowest BCUT2D eigenvalue weighted by molar-refractivity contribution is -0.384. The Bertz CT molecular complexity index is 615. The summed E-state index contributed by atoms with van der Waals surface area (Å²) in [5.41, 5.74) is 0.333. The van der Waals surface area contributed by atoms with E-state index in [9.17, 15) is 10.1 Å². The molecule has 100 valence electrons. The number of nitro groups is 1. The van der Waals surface area contributed by atoms with Crippen molar-refractivity contribution in [2.24, 2.45) is 0 Å². The van der Waals surface area contributed by atoms with Crippen LogP contribution in [0.2, 0.25) is 5.02 Å². The summed E-state index contributed by atoms with van der Waals surface area (Å²) in [5.74, 6) is 0.677. The van der Waals surface area contributed by atoms with Crippen LogP contribution in [0.25, 0.3) is 0 Å². The first-order chi connectivity index (χ1) is 8.97. The highest BCUT2D eigenvalue weighted by molar-refractivity contribution is 9.10. The predicted octanol–water partition coefficient (Wildman–Crippen LogP) is 4.78. The summed E-state index contributed by atoms with van der Waals surface area (Å²) < 4.78 is 6.01. The van der Waals surface area contributed by atoms with Crippen LogP contribution < -0.4 is 5.32 Å². The topological polar surface area (TPSA) is 68.3 Å². The van der Waals surface area contributed by atoms with Crippen molar-refractivity contribution in [3.63, 3.8) is 0 Å². The summed E-state index contributed by atoms with van der Waals surface area (Å²) in [6.07, 6.45) is 0. The number of hydrogen-bond donors (Lipinski definition) is 1. The first-order valence-electron chi connectivity index (χ1n) is 5.43. The van der Waals surface area contributed by atoms with Crippen molar-refractivity contribution in [3.8, 4) is 0 Å². The highest BCUT2D eigenvalue weighted by atomic mass is 79.9. The van der Waals surface area contributed by atoms with Gasteiger partial charge in [-0.1, -0.05) is 11.6 Å². The van der Waals surface area contributed by atoms with E-state index >= 15 is 0 Å². The minimum Gasteiger partial charge on any atom is -0.452 e. The summed E-state index contributed by atoms with van der Waals surface area (Å²) in [6, 6.07) is 7.85. The first-order valence-corrected chi connectivity index (χ1v) is 6.60. The van der Waals surface area contributed by atoms with Crippen LogP contribution in [0.3, 0.4) is 0 Å². The van der Waals surface area contributed by atoms with Crippen molar-refractivity contribution >= 4 is 38.9 Å². The fourth-order valence-corrected chi connectivity index (χ4v) is 2.13. The SMILES string of the molecule is CC(Nc1ccc(Cl)cc1[N+](=O)[O-])c1ccc(Br)o1. The molecule has 0 aliphatic carbocycles. The second-order valence-corrected chi connectivity index (χ2v) is 5.14. The maximum Gasteiger partial charge on any atom is 0.293 e. The molecule has 0 radical (unpaired) electrons. The van der Waals surface area contributed by atoms with Gasteiger partial charge < -0.3 is 9.73 Å². The lowest BCUT2D eigenvalue weighted by atomic mass is 10.2. The van der Waals surface area contributed by atoms with Gasteiger partial charge >= 0.3 is 0 Å². The Morgan fingerprint density at radius 1 is 1.42 bits per heavy atom. The summed E-state index contributed by atoms with van der Waals surface area (Å²) in [7, 11) is 0. The van der Waals surface area contributed by atoms with Crippen LogP contribution in [0.1, 0.15) is 18.7 Å². The number of hydrogen-bond acceptors (Lipinski definition) is 4. The van der Waals surface area contributed by atoms with Gasteiger partial charge in [0.2, 0.25) is 0 Å². The fraction of sp³-hybridized carbons (Fsp3) is 0.167. The predicted molar refractivity (Wildman–Crippen MR) is 76.6 cm³/mol. The van der Waals surface area contributed by atoms with Gasteiger partial charge in [-0.05, 0) is 47.1 Å². The van der Waals surface area contributed by atoms with E-state index in [0.29, 0.717) is 21.1 Å². The van der Waals surface area contributed by atoms with E-state index in [2.05, 4.69) is 21.2 Å². The first kappa shape index (κ1) is 13.9. The van der Waals surface area contributed by atoms with E-state index in [1.807, 2.05) is 6.92 Å². The zero-order valence-corrected chi connectivity index (χ0v) is 12.2. The molecule has 0 saturated heterocycles. The summed E-state index contributed by atoms with van der Waals surface area (Å²) >= 11 is 8.97. The van der Waals surface area contributed by atoms with E-state index in [4.69, 9.17) is 16.0 Å². The zero-order chi connectivity index (χ0) is 14.0. The van der Waals surface area contributed by atoms with Gasteiger partial charge in [0.05, 0.1) is 11.0 Å². The van der Waals surface area contributed by atoms with Crippen LogP contribution in [-0.2, 0) is 0 Å². The number of nitrogens with zero attached hydrogens (tertiary/aromatic N) is 1. The third-order valence-electron chi connectivity index (χ3n) is 2.55. The maximum absolute atomic E-state index is 11.0. The molecule has 0 bridgehead atoms. The number of furan rings is 1. The molecule has 2 rings (SSSR count). The van der Waals surface area contributed by atoms with E-state index in [1.54, 1.807) is 24.3 Å². The number of nitrogens with one attached hydrogen (secondary N) is 1. The summed E-state index contributed by atoms with van der Waals surface area (Å²) in [6.45, 7) is 1.85. The Balaban J connectivity index is 2.26. The molecule has 1 aromatic carbocycles. The van der Waals surface area contributed by atoms with E-state index < -0.39 is 4.92 Å². The van der Waals surface area contributed by atoms with Crippen LogP contribution in [0.4, 0.5) is 11.4 Å². The molecule has 0 amide bonds. The van der Waals surface area contributed by atoms with Crippen molar-refractivity contribution < 1.29 is 9.34 Å². The highest BCUT2D eigenvalue weighted by Crippen LogP contribution is 2.31. The van der Waals surface area contributed by atoms with Gasteiger partial charge in [-0.15, -0.1) is 0 Å². The molecule has 0 saturated carbocycles. The average molecular weight is 346 g/mol. The normalized spacial score (nSPS) is 12.2. The van der Waals surface area contributed by atoms with Gasteiger partial charge in [-0.2, -0.15) is 0 Å². The van der Waals surface area contributed by atoms with Crippen LogP contribution in [0.5, 0.6) is 0 Å². The van der Waals surface area contributed by atoms with Crippen LogP contribution in [-0.4, -0.2) is 4.92 Å². The molecule has 1 aromatic heterocycles. The molecule has 1 atom stereocenters. The monoisotopic (exact) mass is 344 g/mol. The molecule has 1 N–H and O–H groups in total. The Morgan fingerprint density at radius 2 is 2.16 bits per heavy atom. The fourth-order valence-electron chi connectivity index (χ4n) is 1.64. The summed E-state index contributed by atoms with van der Waals surface area (Å²) in [5, 5.41) is 14.3. The van der Waals surface area contributed by atoms with Crippen molar-refractivity contribution in [3.05, 3.63) is 55.9 Å². The molecule has 0 aliphatic rings. The molecule has 2 aromatic rings. The minimum absolute atomic E-state index is 0.0648. The van der Waals surface area contributed by atoms with Gasteiger partial charge in [0.1, 0.15) is 11.4 Å². The lowest BCUT2D eigenvalue weighted by Crippen LogP contribution is -2.07. The molecular formula is C12H10BrClN2O3. The molecule has 1 unspecified atom stereocenters. The molecule has 0 spiro atoms. The molecule has 0 fully saturated rings. The molecule has 7 heteroatoms. The van der Waals surface area contributed by atoms with Crippen LogP contribution in [0.15, 0.2) is 39.4 Å². The number of rotatable bonds is 4. The molecule has 0 aliphatic heterocycles. The second kappa shape index (κ2) is 5.63. The number of benzene rings is 1. The van der Waals surface area contributed by atoms with Gasteiger partial charge in [0, 0.05) is 11.1 Å². The van der Waals surface area contributed by atoms with E-state index in [-0.39, 0.29) is 11.7 Å². The van der Waals surface area contributed by atoms with Crippen molar-refractivity contribution in [2.45, 2.75) is 13.0 Å². The van der Waals surface area contributed by atoms with Crippen molar-refractivity contribution in [1.29, 1.82) is 0 Å². The average Bonchev–Trinajstić information content (AvgIpc) is 2.78. The van der Waals surface area contributed by atoms with Gasteiger partial charge in [-0.25, -0.2) is 0 Å². The van der Waals surface area contributed by atoms with Crippen molar-refractivity contribution in [1.82, 2.24) is 0 Å². The third-order valence-corrected chi connectivity index (χ3v) is 3.21. The summed E-state index contributed by atoms with van der Waals surface area (Å²) in [4.78, 5) is 10.5. The quantitative estimate of drug-likeness (QED) is 0.640. The zero-order valence-electron chi connectivity index (χ0n) is 9.89. The Kier molecular flexibility index (Phi) is 4.11. The van der Waals surface area contributed by atoms with E-state index in [1.165, 1.54) is 6.07 Å². The maximum atomic E-state index is 11.0. The number of halogens is 2. The van der Waals surface area contributed by atoms with Crippen LogP contribution >= 0.6 is 27.5 Å². The minimum atomic E-state index is -0.473. The Labute approximate surface area is 122 Å².